The highest BCUT2D eigenvalue weighted by Crippen LogP contribution is 2.24. The standard InChI is InChI=1S/C21H19ClN2O5/c1-13(20-23-24-21(29-20)15-5-9-17(27-2)10-6-15)28-19(26)12-11-18(25)14-3-7-16(22)8-4-14/h3-10,13H,11-12H2,1-2H3/t13-/m1/s1. The molecule has 0 unspecified atom stereocenters. The summed E-state index contributed by atoms with van der Waals surface area (Å²) in [7, 11) is 1.58. The molecule has 0 bridgehead atoms. The van der Waals surface area contributed by atoms with Crippen molar-refractivity contribution in [3.63, 3.8) is 0 Å². The molecule has 29 heavy (non-hydrogen) atoms. The van der Waals surface area contributed by atoms with Gasteiger partial charge in [0, 0.05) is 22.6 Å². The Morgan fingerprint density at radius 3 is 2.38 bits per heavy atom. The quantitative estimate of drug-likeness (QED) is 0.390. The summed E-state index contributed by atoms with van der Waals surface area (Å²) in [5.41, 5.74) is 1.22. The second-order valence-electron chi connectivity index (χ2n) is 6.24. The summed E-state index contributed by atoms with van der Waals surface area (Å²) < 4.78 is 16.0. The number of hydrogen-bond acceptors (Lipinski definition) is 7. The van der Waals surface area contributed by atoms with Crippen LogP contribution in [0.4, 0.5) is 0 Å². The first kappa shape index (κ1) is 20.5. The average Bonchev–Trinajstić information content (AvgIpc) is 3.23. The van der Waals surface area contributed by atoms with E-state index in [9.17, 15) is 9.59 Å². The molecule has 8 heteroatoms. The zero-order valence-corrected chi connectivity index (χ0v) is 16.7. The molecule has 0 fully saturated rings. The Labute approximate surface area is 172 Å². The second-order valence-corrected chi connectivity index (χ2v) is 6.67. The van der Waals surface area contributed by atoms with Crippen molar-refractivity contribution in [2.45, 2.75) is 25.9 Å². The van der Waals surface area contributed by atoms with Crippen LogP contribution in [0.2, 0.25) is 5.02 Å². The molecule has 0 aliphatic heterocycles. The monoisotopic (exact) mass is 414 g/mol. The van der Waals surface area contributed by atoms with Crippen LogP contribution in [0.3, 0.4) is 0 Å². The van der Waals surface area contributed by atoms with E-state index >= 15 is 0 Å². The molecule has 3 aromatic rings. The van der Waals surface area contributed by atoms with Crippen molar-refractivity contribution in [3.05, 3.63) is 65.0 Å². The maximum absolute atomic E-state index is 12.1. The normalized spacial score (nSPS) is 11.7. The Bertz CT molecular complexity index is 983. The molecule has 1 atom stereocenters. The topological polar surface area (TPSA) is 91.5 Å². The molecule has 0 aliphatic rings. The largest absolute Gasteiger partial charge is 0.497 e. The number of nitrogens with zero attached hydrogens (tertiary/aromatic N) is 2. The molecule has 0 spiro atoms. The Morgan fingerprint density at radius 2 is 1.72 bits per heavy atom. The Balaban J connectivity index is 1.53. The zero-order valence-electron chi connectivity index (χ0n) is 15.9. The smallest absolute Gasteiger partial charge is 0.307 e. The highest BCUT2D eigenvalue weighted by molar-refractivity contribution is 6.30. The first-order valence-electron chi connectivity index (χ1n) is 8.92. The number of halogens is 1. The Kier molecular flexibility index (Phi) is 6.61. The molecule has 0 aliphatic carbocycles. The zero-order chi connectivity index (χ0) is 20.8. The van der Waals surface area contributed by atoms with Crippen molar-refractivity contribution in [1.29, 1.82) is 0 Å². The summed E-state index contributed by atoms with van der Waals surface area (Å²) >= 11 is 5.80. The lowest BCUT2D eigenvalue weighted by atomic mass is 10.1. The third kappa shape index (κ3) is 5.42. The average molecular weight is 415 g/mol. The number of methoxy groups -OCH3 is 1. The van der Waals surface area contributed by atoms with Gasteiger partial charge in [0.05, 0.1) is 13.5 Å². The van der Waals surface area contributed by atoms with E-state index in [1.807, 2.05) is 0 Å². The maximum atomic E-state index is 12.1. The third-order valence-electron chi connectivity index (χ3n) is 4.16. The molecule has 0 saturated heterocycles. The number of carbonyl (C=O) groups excluding carboxylic acids is 2. The van der Waals surface area contributed by atoms with Gasteiger partial charge in [-0.25, -0.2) is 0 Å². The molecule has 1 heterocycles. The Hall–Kier alpha value is -3.19. The van der Waals surface area contributed by atoms with Crippen LogP contribution < -0.4 is 4.74 Å². The fourth-order valence-corrected chi connectivity index (χ4v) is 2.68. The summed E-state index contributed by atoms with van der Waals surface area (Å²) in [4.78, 5) is 24.2. The summed E-state index contributed by atoms with van der Waals surface area (Å²) in [6.07, 6.45) is -0.744. The van der Waals surface area contributed by atoms with Gasteiger partial charge in [-0.05, 0) is 55.5 Å². The Morgan fingerprint density at radius 1 is 1.03 bits per heavy atom. The number of benzene rings is 2. The lowest BCUT2D eigenvalue weighted by molar-refractivity contribution is -0.149. The molecule has 2 aromatic carbocycles. The van der Waals surface area contributed by atoms with Gasteiger partial charge in [-0.2, -0.15) is 0 Å². The number of ether oxygens (including phenoxy) is 2. The van der Waals surface area contributed by atoms with Crippen LogP contribution in [0.25, 0.3) is 11.5 Å². The van der Waals surface area contributed by atoms with Gasteiger partial charge in [0.1, 0.15) is 5.75 Å². The lowest BCUT2D eigenvalue weighted by Crippen LogP contribution is -2.11. The maximum Gasteiger partial charge on any atom is 0.307 e. The fraction of sp³-hybridized carbons (Fsp3) is 0.238. The number of carbonyl (C=O) groups is 2. The first-order chi connectivity index (χ1) is 14.0. The molecule has 0 saturated carbocycles. The van der Waals surface area contributed by atoms with Crippen LogP contribution in [0.1, 0.15) is 42.1 Å². The molecule has 150 valence electrons. The van der Waals surface area contributed by atoms with E-state index < -0.39 is 12.1 Å². The van der Waals surface area contributed by atoms with Gasteiger partial charge in [-0.3, -0.25) is 9.59 Å². The SMILES string of the molecule is COc1ccc(-c2nnc([C@@H](C)OC(=O)CCC(=O)c3ccc(Cl)cc3)o2)cc1. The van der Waals surface area contributed by atoms with Crippen LogP contribution in [0, 0.1) is 0 Å². The summed E-state index contributed by atoms with van der Waals surface area (Å²) in [5, 5.41) is 8.46. The van der Waals surface area contributed by atoms with Crippen molar-refractivity contribution in [2.75, 3.05) is 7.11 Å². The molecule has 7 nitrogen and oxygen atoms in total. The van der Waals surface area contributed by atoms with Crippen molar-refractivity contribution in [3.8, 4) is 17.2 Å². The summed E-state index contributed by atoms with van der Waals surface area (Å²) in [6.45, 7) is 1.63. The fourth-order valence-electron chi connectivity index (χ4n) is 2.55. The minimum atomic E-state index is -0.729. The van der Waals surface area contributed by atoms with Crippen molar-refractivity contribution < 1.29 is 23.5 Å². The number of rotatable bonds is 8. The first-order valence-corrected chi connectivity index (χ1v) is 9.30. The molecule has 0 N–H and O–H groups in total. The number of ketones is 1. The van der Waals surface area contributed by atoms with Crippen LogP contribution in [-0.4, -0.2) is 29.1 Å². The molecular weight excluding hydrogens is 396 g/mol. The van der Waals surface area contributed by atoms with Crippen molar-refractivity contribution >= 4 is 23.4 Å². The number of hydrogen-bond donors (Lipinski definition) is 0. The predicted octanol–water partition coefficient (Wildman–Crippen LogP) is 4.67. The number of Topliss-reactive ketones (excluding diaryl/α,β-unsaturated/α-hetero) is 1. The van der Waals surface area contributed by atoms with E-state index in [1.165, 1.54) is 0 Å². The van der Waals surface area contributed by atoms with Crippen molar-refractivity contribution in [2.24, 2.45) is 0 Å². The number of aromatic nitrogens is 2. The molecule has 1 aromatic heterocycles. The van der Waals surface area contributed by atoms with E-state index in [0.717, 1.165) is 5.56 Å². The minimum absolute atomic E-state index is 0.0358. The van der Waals surface area contributed by atoms with Crippen LogP contribution >= 0.6 is 11.6 Å². The highest BCUT2D eigenvalue weighted by atomic mass is 35.5. The molecule has 0 amide bonds. The van der Waals surface area contributed by atoms with Gasteiger partial charge < -0.3 is 13.9 Å². The van der Waals surface area contributed by atoms with Gasteiger partial charge in [-0.1, -0.05) is 11.6 Å². The summed E-state index contributed by atoms with van der Waals surface area (Å²) in [6, 6.07) is 13.6. The predicted molar refractivity (Wildman–Crippen MR) is 106 cm³/mol. The second kappa shape index (κ2) is 9.34. The van der Waals surface area contributed by atoms with E-state index in [4.69, 9.17) is 25.5 Å². The summed E-state index contributed by atoms with van der Waals surface area (Å²) in [5.74, 6) is 0.510. The van der Waals surface area contributed by atoms with E-state index in [1.54, 1.807) is 62.6 Å². The van der Waals surface area contributed by atoms with Gasteiger partial charge in [0.2, 0.25) is 5.89 Å². The molecule has 0 radical (unpaired) electrons. The van der Waals surface area contributed by atoms with Gasteiger partial charge in [0.15, 0.2) is 11.9 Å². The van der Waals surface area contributed by atoms with Crippen molar-refractivity contribution in [1.82, 2.24) is 10.2 Å². The molecular formula is C21H19ClN2O5. The van der Waals surface area contributed by atoms with Gasteiger partial charge >= 0.3 is 5.97 Å². The van der Waals surface area contributed by atoms with Crippen LogP contribution in [-0.2, 0) is 9.53 Å². The highest BCUT2D eigenvalue weighted by Gasteiger charge is 2.20. The van der Waals surface area contributed by atoms with Crippen LogP contribution in [0.15, 0.2) is 52.9 Å². The van der Waals surface area contributed by atoms with E-state index in [2.05, 4.69) is 10.2 Å². The minimum Gasteiger partial charge on any atom is -0.497 e. The van der Waals surface area contributed by atoms with E-state index in [0.29, 0.717) is 22.2 Å². The van der Waals surface area contributed by atoms with Crippen LogP contribution in [0.5, 0.6) is 5.75 Å². The lowest BCUT2D eigenvalue weighted by Gasteiger charge is -2.09. The van der Waals surface area contributed by atoms with Gasteiger partial charge in [0.25, 0.3) is 5.89 Å². The number of esters is 1. The third-order valence-corrected chi connectivity index (χ3v) is 4.41. The molecule has 3 rings (SSSR count). The van der Waals surface area contributed by atoms with E-state index in [-0.39, 0.29) is 24.5 Å². The van der Waals surface area contributed by atoms with Gasteiger partial charge in [-0.15, -0.1) is 10.2 Å².